The van der Waals surface area contributed by atoms with E-state index < -0.39 is 0 Å². The lowest BCUT2D eigenvalue weighted by atomic mass is 9.79. The van der Waals surface area contributed by atoms with Gasteiger partial charge in [-0.1, -0.05) is 178 Å². The summed E-state index contributed by atoms with van der Waals surface area (Å²) >= 11 is 1.86. The van der Waals surface area contributed by atoms with Crippen molar-refractivity contribution >= 4 is 70.4 Å². The van der Waals surface area contributed by atoms with Crippen molar-refractivity contribution in [1.29, 1.82) is 0 Å². The predicted octanol–water partition coefficient (Wildman–Crippen LogP) is 17.9. The van der Waals surface area contributed by atoms with Gasteiger partial charge in [-0.15, -0.1) is 11.3 Å². The fourth-order valence-electron chi connectivity index (χ4n) is 10.9. The highest BCUT2D eigenvalue weighted by atomic mass is 32.1. The molecule has 13 rings (SSSR count). The van der Waals surface area contributed by atoms with E-state index in [1.165, 1.54) is 103 Å². The van der Waals surface area contributed by atoms with Crippen molar-refractivity contribution in [2.45, 2.75) is 19.3 Å². The Labute approximate surface area is 388 Å². The van der Waals surface area contributed by atoms with E-state index >= 15 is 0 Å². The Morgan fingerprint density at radius 3 is 1.67 bits per heavy atom. The zero-order valence-corrected chi connectivity index (χ0v) is 37.6. The average Bonchev–Trinajstić information content (AvgIpc) is 3.99. The lowest BCUT2D eigenvalue weighted by Gasteiger charge is -2.27. The fraction of sp³-hybridized carbons (Fsp3) is 0.0476. The van der Waals surface area contributed by atoms with Crippen molar-refractivity contribution in [1.82, 2.24) is 4.57 Å². The van der Waals surface area contributed by atoms with Crippen molar-refractivity contribution in [2.75, 3.05) is 4.90 Å². The molecule has 1 aliphatic carbocycles. The van der Waals surface area contributed by atoms with Crippen molar-refractivity contribution in [3.63, 3.8) is 0 Å². The van der Waals surface area contributed by atoms with Gasteiger partial charge in [-0.3, -0.25) is 0 Å². The van der Waals surface area contributed by atoms with Gasteiger partial charge in [-0.25, -0.2) is 0 Å². The molecule has 0 saturated heterocycles. The molecule has 10 aromatic carbocycles. The van der Waals surface area contributed by atoms with Crippen LogP contribution in [-0.2, 0) is 5.41 Å². The summed E-state index contributed by atoms with van der Waals surface area (Å²) in [5.41, 5.74) is 19.6. The van der Waals surface area contributed by atoms with Crippen molar-refractivity contribution in [3.8, 4) is 50.2 Å². The monoisotopic (exact) mass is 860 g/mol. The molecule has 1 aliphatic rings. The molecule has 12 aromatic rings. The molecule has 0 atom stereocenters. The first-order valence-corrected chi connectivity index (χ1v) is 23.6. The minimum absolute atomic E-state index is 0.0934. The van der Waals surface area contributed by atoms with Crippen molar-refractivity contribution in [3.05, 3.63) is 242 Å². The van der Waals surface area contributed by atoms with E-state index in [9.17, 15) is 0 Å². The standard InChI is InChI=1S/C63H44N2S/c1-63(2)56-24-8-3-18-50(56)55-23-14-22-49(62(55)63)42-31-35-46(36-32-42)64(47-37-38-54-53-21-7-12-28-60(53)66-61(54)40-47)45-33-29-41(30-34-45)43-15-13-16-44(39-43)48-17-4-9-25-57(48)65-58-26-10-5-19-51(58)52-20-6-11-27-59(52)65/h3-40H,1-2H3. The van der Waals surface area contributed by atoms with E-state index in [1.807, 2.05) is 11.3 Å². The fourth-order valence-corrected chi connectivity index (χ4v) is 12.1. The quantitative estimate of drug-likeness (QED) is 0.155. The lowest BCUT2D eigenvalue weighted by Crippen LogP contribution is -2.16. The summed E-state index contributed by atoms with van der Waals surface area (Å²) in [5.74, 6) is 0. The largest absolute Gasteiger partial charge is 0.310 e. The van der Waals surface area contributed by atoms with Crippen LogP contribution in [0.2, 0.25) is 0 Å². The van der Waals surface area contributed by atoms with Gasteiger partial charge in [0.25, 0.3) is 0 Å². The van der Waals surface area contributed by atoms with Crippen LogP contribution in [0.4, 0.5) is 17.1 Å². The number of fused-ring (bicyclic) bond motifs is 9. The number of hydrogen-bond donors (Lipinski definition) is 0. The number of anilines is 3. The van der Waals surface area contributed by atoms with E-state index in [0.717, 1.165) is 17.1 Å². The molecule has 0 radical (unpaired) electrons. The first-order chi connectivity index (χ1) is 32.5. The number of thiophene rings is 1. The first-order valence-electron chi connectivity index (χ1n) is 22.8. The second-order valence-electron chi connectivity index (χ2n) is 18.1. The van der Waals surface area contributed by atoms with E-state index in [0.29, 0.717) is 0 Å². The molecule has 2 nitrogen and oxygen atoms in total. The molecule has 0 unspecified atom stereocenters. The molecule has 2 heterocycles. The van der Waals surface area contributed by atoms with Gasteiger partial charge in [0, 0.05) is 59.0 Å². The normalized spacial score (nSPS) is 12.8. The predicted molar refractivity (Wildman–Crippen MR) is 282 cm³/mol. The molecule has 0 fully saturated rings. The molecule has 0 aliphatic heterocycles. The third kappa shape index (κ3) is 6.01. The van der Waals surface area contributed by atoms with Crippen LogP contribution in [0.3, 0.4) is 0 Å². The van der Waals surface area contributed by atoms with Gasteiger partial charge in [-0.2, -0.15) is 0 Å². The van der Waals surface area contributed by atoms with E-state index in [2.05, 4.69) is 254 Å². The number of aromatic nitrogens is 1. The Morgan fingerprint density at radius 1 is 0.364 bits per heavy atom. The molecule has 0 N–H and O–H groups in total. The summed E-state index contributed by atoms with van der Waals surface area (Å²) in [7, 11) is 0. The van der Waals surface area contributed by atoms with E-state index in [4.69, 9.17) is 0 Å². The Balaban J connectivity index is 0.889. The zero-order valence-electron chi connectivity index (χ0n) is 36.7. The molecule has 2 aromatic heterocycles. The summed E-state index contributed by atoms with van der Waals surface area (Å²) < 4.78 is 5.02. The molecule has 0 amide bonds. The van der Waals surface area contributed by atoms with Crippen LogP contribution in [-0.4, -0.2) is 4.57 Å². The maximum atomic E-state index is 2.42. The van der Waals surface area contributed by atoms with Crippen LogP contribution in [0.15, 0.2) is 231 Å². The van der Waals surface area contributed by atoms with Gasteiger partial charge in [0.2, 0.25) is 0 Å². The minimum Gasteiger partial charge on any atom is -0.310 e. The molecule has 0 saturated carbocycles. The van der Waals surface area contributed by atoms with Gasteiger partial charge in [0.15, 0.2) is 0 Å². The number of nitrogens with zero attached hydrogens (tertiary/aromatic N) is 2. The average molecular weight is 861 g/mol. The van der Waals surface area contributed by atoms with Crippen LogP contribution in [0.5, 0.6) is 0 Å². The summed E-state index contributed by atoms with van der Waals surface area (Å²) in [6.45, 7) is 4.74. The highest BCUT2D eigenvalue weighted by Gasteiger charge is 2.37. The minimum atomic E-state index is -0.0934. The van der Waals surface area contributed by atoms with Crippen LogP contribution < -0.4 is 4.90 Å². The van der Waals surface area contributed by atoms with Gasteiger partial charge in [0.1, 0.15) is 0 Å². The highest BCUT2D eigenvalue weighted by molar-refractivity contribution is 7.25. The first kappa shape index (κ1) is 38.5. The molecule has 3 heteroatoms. The maximum Gasteiger partial charge on any atom is 0.0541 e. The Morgan fingerprint density at radius 2 is 0.909 bits per heavy atom. The summed E-state index contributed by atoms with van der Waals surface area (Å²) in [6.07, 6.45) is 0. The number of para-hydroxylation sites is 3. The van der Waals surface area contributed by atoms with Crippen LogP contribution in [0.25, 0.3) is 92.2 Å². The van der Waals surface area contributed by atoms with Crippen LogP contribution >= 0.6 is 11.3 Å². The molecular weight excluding hydrogens is 817 g/mol. The lowest BCUT2D eigenvalue weighted by molar-refractivity contribution is 0.662. The third-order valence-electron chi connectivity index (χ3n) is 14.0. The topological polar surface area (TPSA) is 8.17 Å². The van der Waals surface area contributed by atoms with Crippen LogP contribution in [0, 0.1) is 0 Å². The zero-order chi connectivity index (χ0) is 43.9. The van der Waals surface area contributed by atoms with Gasteiger partial charge >= 0.3 is 0 Å². The van der Waals surface area contributed by atoms with Crippen LogP contribution in [0.1, 0.15) is 25.0 Å². The second kappa shape index (κ2) is 15.1. The number of rotatable bonds is 7. The summed E-state index contributed by atoms with van der Waals surface area (Å²) in [4.78, 5) is 2.41. The smallest absolute Gasteiger partial charge is 0.0541 e. The highest BCUT2D eigenvalue weighted by Crippen LogP contribution is 2.52. The number of hydrogen-bond acceptors (Lipinski definition) is 2. The van der Waals surface area contributed by atoms with E-state index in [1.54, 1.807) is 0 Å². The molecular formula is C63H44N2S. The molecule has 312 valence electrons. The van der Waals surface area contributed by atoms with Gasteiger partial charge < -0.3 is 9.47 Å². The number of benzene rings is 10. The molecule has 0 spiro atoms. The SMILES string of the molecule is CC1(C)c2ccccc2-c2cccc(-c3ccc(N(c4ccc(-c5cccc(-c6ccccc6-n6c7ccccc7c7ccccc76)c5)cc4)c4ccc5c(c4)sc4ccccc45)cc3)c21. The summed E-state index contributed by atoms with van der Waals surface area (Å²) in [6, 6.07) is 85.0. The van der Waals surface area contributed by atoms with E-state index in [-0.39, 0.29) is 5.41 Å². The maximum absolute atomic E-state index is 2.42. The third-order valence-corrected chi connectivity index (χ3v) is 15.1. The Hall–Kier alpha value is -7.98. The molecule has 66 heavy (non-hydrogen) atoms. The summed E-state index contributed by atoms with van der Waals surface area (Å²) in [5, 5.41) is 5.14. The Bertz CT molecular complexity index is 3790. The Kier molecular flexibility index (Phi) is 8.78. The molecule has 0 bridgehead atoms. The van der Waals surface area contributed by atoms with Gasteiger partial charge in [0.05, 0.1) is 16.7 Å². The second-order valence-corrected chi connectivity index (χ2v) is 19.2. The van der Waals surface area contributed by atoms with Crippen molar-refractivity contribution < 1.29 is 0 Å². The van der Waals surface area contributed by atoms with Crippen molar-refractivity contribution in [2.24, 2.45) is 0 Å². The van der Waals surface area contributed by atoms with Gasteiger partial charge in [-0.05, 0) is 117 Å².